The minimum absolute atomic E-state index is 0.227. The van der Waals surface area contributed by atoms with Crippen molar-refractivity contribution >= 4 is 18.0 Å². The first-order chi connectivity index (χ1) is 15.9. The van der Waals surface area contributed by atoms with E-state index in [2.05, 4.69) is 20.8 Å². The van der Waals surface area contributed by atoms with Crippen molar-refractivity contribution in [1.29, 1.82) is 0 Å². The highest BCUT2D eigenvalue weighted by Crippen LogP contribution is 2.39. The van der Waals surface area contributed by atoms with Crippen molar-refractivity contribution in [3.05, 3.63) is 71.8 Å². The predicted molar refractivity (Wildman–Crippen MR) is 123 cm³/mol. The fraction of sp³-hybridized carbons (Fsp3) is 0.444. The summed E-state index contributed by atoms with van der Waals surface area (Å²) >= 11 is 0. The minimum Gasteiger partial charge on any atom is -0.459 e. The van der Waals surface area contributed by atoms with Gasteiger partial charge in [-0.2, -0.15) is 0 Å². The SMILES string of the molecule is CC1CC[C@H](C(C)C)C(OC(=O)[C@@H]2OC(=O)N(C(=O)c3ccccc3)[C@@H]2c2ccccc2)C1. The molecule has 1 aliphatic heterocycles. The van der Waals surface area contributed by atoms with Gasteiger partial charge in [0, 0.05) is 5.56 Å². The number of carbonyl (C=O) groups is 3. The van der Waals surface area contributed by atoms with Crippen LogP contribution in [0.4, 0.5) is 4.79 Å². The lowest BCUT2D eigenvalue weighted by molar-refractivity contribution is -0.165. The molecule has 33 heavy (non-hydrogen) atoms. The molecule has 0 bridgehead atoms. The van der Waals surface area contributed by atoms with Crippen LogP contribution < -0.4 is 0 Å². The zero-order chi connectivity index (χ0) is 23.5. The molecule has 2 unspecified atom stereocenters. The Morgan fingerprint density at radius 2 is 1.64 bits per heavy atom. The van der Waals surface area contributed by atoms with Gasteiger partial charge in [0.2, 0.25) is 6.10 Å². The van der Waals surface area contributed by atoms with Crippen molar-refractivity contribution in [2.45, 2.75) is 58.3 Å². The molecule has 2 fully saturated rings. The second-order valence-electron chi connectivity index (χ2n) is 9.50. The van der Waals surface area contributed by atoms with Crippen LogP contribution in [0.2, 0.25) is 0 Å². The van der Waals surface area contributed by atoms with Gasteiger partial charge in [0.05, 0.1) is 0 Å². The minimum atomic E-state index is -1.21. The molecule has 2 amide bonds. The summed E-state index contributed by atoms with van der Waals surface area (Å²) in [5.74, 6) is 0.00779. The number of carbonyl (C=O) groups excluding carboxylic acids is 3. The highest BCUT2D eigenvalue weighted by atomic mass is 16.6. The Morgan fingerprint density at radius 1 is 1.00 bits per heavy atom. The zero-order valence-electron chi connectivity index (χ0n) is 19.3. The molecule has 0 radical (unpaired) electrons. The van der Waals surface area contributed by atoms with Crippen LogP contribution in [0.25, 0.3) is 0 Å². The van der Waals surface area contributed by atoms with Crippen molar-refractivity contribution in [3.8, 4) is 0 Å². The topological polar surface area (TPSA) is 72.9 Å². The summed E-state index contributed by atoms with van der Waals surface area (Å²) in [6.07, 6.45) is 0.631. The molecule has 2 aromatic carbocycles. The van der Waals surface area contributed by atoms with Gasteiger partial charge in [-0.1, -0.05) is 75.7 Å². The lowest BCUT2D eigenvalue weighted by Crippen LogP contribution is -2.41. The number of hydrogen-bond acceptors (Lipinski definition) is 5. The predicted octanol–water partition coefficient (Wildman–Crippen LogP) is 5.39. The molecule has 6 nitrogen and oxygen atoms in total. The molecule has 6 heteroatoms. The van der Waals surface area contributed by atoms with Crippen LogP contribution in [0.1, 0.15) is 62.0 Å². The van der Waals surface area contributed by atoms with Crippen molar-refractivity contribution in [2.75, 3.05) is 0 Å². The molecule has 2 aromatic rings. The largest absolute Gasteiger partial charge is 0.459 e. The Kier molecular flexibility index (Phi) is 6.82. The molecule has 0 spiro atoms. The Hall–Kier alpha value is -3.15. The van der Waals surface area contributed by atoms with Crippen LogP contribution in [-0.4, -0.2) is 35.1 Å². The monoisotopic (exact) mass is 449 g/mol. The van der Waals surface area contributed by atoms with E-state index in [1.807, 2.05) is 18.2 Å². The standard InChI is InChI=1S/C27H31NO5/c1-17(2)21-15-14-18(3)16-22(21)32-26(30)24-23(19-10-6-4-7-11-19)28(27(31)33-24)25(29)20-12-8-5-9-13-20/h4-13,17-18,21-24H,14-16H2,1-3H3/t18?,21-,22?,23-,24-/m1/s1. The Labute approximate surface area is 194 Å². The number of hydrogen-bond donors (Lipinski definition) is 0. The summed E-state index contributed by atoms with van der Waals surface area (Å²) in [5, 5.41) is 0. The zero-order valence-corrected chi connectivity index (χ0v) is 19.3. The number of imide groups is 1. The van der Waals surface area contributed by atoms with E-state index >= 15 is 0 Å². The molecule has 1 heterocycles. The summed E-state index contributed by atoms with van der Waals surface area (Å²) in [4.78, 5) is 40.6. The van der Waals surface area contributed by atoms with Gasteiger partial charge in [-0.3, -0.25) is 4.79 Å². The first-order valence-electron chi connectivity index (χ1n) is 11.7. The lowest BCUT2D eigenvalue weighted by atomic mass is 9.75. The van der Waals surface area contributed by atoms with Gasteiger partial charge in [-0.05, 0) is 48.3 Å². The third kappa shape index (κ3) is 4.80. The second kappa shape index (κ2) is 9.77. The maximum absolute atomic E-state index is 13.4. The number of cyclic esters (lactones) is 1. The first kappa shape index (κ1) is 23.0. The maximum atomic E-state index is 13.4. The highest BCUT2D eigenvalue weighted by Gasteiger charge is 2.51. The van der Waals surface area contributed by atoms with Gasteiger partial charge in [0.25, 0.3) is 5.91 Å². The van der Waals surface area contributed by atoms with Crippen LogP contribution in [0.3, 0.4) is 0 Å². The number of nitrogens with zero attached hydrogens (tertiary/aromatic N) is 1. The smallest absolute Gasteiger partial charge is 0.418 e. The van der Waals surface area contributed by atoms with E-state index in [-0.39, 0.29) is 12.0 Å². The summed E-state index contributed by atoms with van der Waals surface area (Å²) in [5.41, 5.74) is 0.998. The molecule has 174 valence electrons. The molecule has 0 N–H and O–H groups in total. The number of rotatable bonds is 5. The van der Waals surface area contributed by atoms with E-state index in [1.165, 1.54) is 0 Å². The fourth-order valence-electron chi connectivity index (χ4n) is 5.03. The van der Waals surface area contributed by atoms with Crippen LogP contribution >= 0.6 is 0 Å². The Bertz CT molecular complexity index is 990. The lowest BCUT2D eigenvalue weighted by Gasteiger charge is -2.37. The van der Waals surface area contributed by atoms with Crippen molar-refractivity contribution in [3.63, 3.8) is 0 Å². The number of benzene rings is 2. The average Bonchev–Trinajstić information content (AvgIpc) is 3.16. The normalized spacial score (nSPS) is 27.3. The summed E-state index contributed by atoms with van der Waals surface area (Å²) in [7, 11) is 0. The van der Waals surface area contributed by atoms with Crippen LogP contribution in [0, 0.1) is 17.8 Å². The summed E-state index contributed by atoms with van der Waals surface area (Å²) in [6.45, 7) is 6.45. The summed E-state index contributed by atoms with van der Waals surface area (Å²) < 4.78 is 11.5. The fourth-order valence-corrected chi connectivity index (χ4v) is 5.03. The number of esters is 1. The van der Waals surface area contributed by atoms with Crippen LogP contribution in [0.5, 0.6) is 0 Å². The average molecular weight is 450 g/mol. The van der Waals surface area contributed by atoms with E-state index in [9.17, 15) is 14.4 Å². The van der Waals surface area contributed by atoms with Crippen LogP contribution in [-0.2, 0) is 14.3 Å². The van der Waals surface area contributed by atoms with E-state index in [4.69, 9.17) is 9.47 Å². The van der Waals surface area contributed by atoms with Gasteiger partial charge in [-0.25, -0.2) is 14.5 Å². The summed E-state index contributed by atoms with van der Waals surface area (Å²) in [6, 6.07) is 16.7. The van der Waals surface area contributed by atoms with Gasteiger partial charge >= 0.3 is 12.1 Å². The molecule has 1 saturated heterocycles. The van der Waals surface area contributed by atoms with Gasteiger partial charge in [-0.15, -0.1) is 0 Å². The molecule has 1 saturated carbocycles. The highest BCUT2D eigenvalue weighted by molar-refractivity contribution is 6.05. The molecular weight excluding hydrogens is 418 g/mol. The molecular formula is C27H31NO5. The van der Waals surface area contributed by atoms with Gasteiger partial charge < -0.3 is 9.47 Å². The number of ether oxygens (including phenoxy) is 2. The molecule has 0 aromatic heterocycles. The van der Waals surface area contributed by atoms with Crippen LogP contribution in [0.15, 0.2) is 60.7 Å². The Balaban J connectivity index is 1.63. The van der Waals surface area contributed by atoms with Gasteiger partial charge in [0.15, 0.2) is 0 Å². The molecule has 2 aliphatic rings. The van der Waals surface area contributed by atoms with Gasteiger partial charge in [0.1, 0.15) is 12.1 Å². The maximum Gasteiger partial charge on any atom is 0.418 e. The van der Waals surface area contributed by atoms with Crippen molar-refractivity contribution < 1.29 is 23.9 Å². The third-order valence-electron chi connectivity index (χ3n) is 6.83. The quantitative estimate of drug-likeness (QED) is 0.572. The number of amides is 2. The molecule has 1 aliphatic carbocycles. The third-order valence-corrected chi connectivity index (χ3v) is 6.83. The molecule has 4 rings (SSSR count). The van der Waals surface area contributed by atoms with Crippen molar-refractivity contribution in [1.82, 2.24) is 4.90 Å². The molecule has 5 atom stereocenters. The van der Waals surface area contributed by atoms with E-state index in [0.717, 1.165) is 24.2 Å². The van der Waals surface area contributed by atoms with E-state index in [1.54, 1.807) is 42.5 Å². The van der Waals surface area contributed by atoms with Crippen molar-refractivity contribution in [2.24, 2.45) is 17.8 Å². The second-order valence-corrected chi connectivity index (χ2v) is 9.50. The first-order valence-corrected chi connectivity index (χ1v) is 11.7. The Morgan fingerprint density at radius 3 is 2.27 bits per heavy atom. The van der Waals surface area contributed by atoms with E-state index in [0.29, 0.717) is 23.0 Å². The van der Waals surface area contributed by atoms with E-state index < -0.39 is 30.1 Å².